The van der Waals surface area contributed by atoms with Crippen molar-refractivity contribution in [2.75, 3.05) is 13.2 Å². The van der Waals surface area contributed by atoms with Crippen molar-refractivity contribution in [3.8, 4) is 5.75 Å². The lowest BCUT2D eigenvalue weighted by molar-refractivity contribution is -0.147. The third-order valence-electron chi connectivity index (χ3n) is 2.59. The first-order chi connectivity index (χ1) is 9.45. The van der Waals surface area contributed by atoms with E-state index in [1.165, 1.54) is 0 Å². The van der Waals surface area contributed by atoms with Gasteiger partial charge in [0, 0.05) is 12.6 Å². The van der Waals surface area contributed by atoms with Gasteiger partial charge in [-0.15, -0.1) is 0 Å². The summed E-state index contributed by atoms with van der Waals surface area (Å²) in [6.45, 7) is 3.97. The molecule has 0 fully saturated rings. The molecule has 0 unspecified atom stereocenters. The van der Waals surface area contributed by atoms with Crippen molar-refractivity contribution in [1.82, 2.24) is 5.32 Å². The molecule has 0 aromatic carbocycles. The Labute approximate surface area is 115 Å². The maximum atomic E-state index is 11.6. The van der Waals surface area contributed by atoms with Crippen LogP contribution in [0.3, 0.4) is 0 Å². The summed E-state index contributed by atoms with van der Waals surface area (Å²) in [5.74, 6) is -1.99. The van der Waals surface area contributed by atoms with Crippen molar-refractivity contribution in [2.45, 2.75) is 20.3 Å². The van der Waals surface area contributed by atoms with Gasteiger partial charge in [0.1, 0.15) is 6.26 Å². The third-order valence-corrected chi connectivity index (χ3v) is 2.59. The maximum Gasteiger partial charge on any atom is 0.308 e. The SMILES string of the molecule is CCOC(=O)[C@H](C)CCNC(=O)c1cc(=O)c(O)co1. The fourth-order valence-corrected chi connectivity index (χ4v) is 1.42. The fraction of sp³-hybridized carbons (Fsp3) is 0.462. The molecule has 1 aromatic rings. The highest BCUT2D eigenvalue weighted by atomic mass is 16.5. The summed E-state index contributed by atoms with van der Waals surface area (Å²) in [4.78, 5) is 34.1. The number of hydrogen-bond acceptors (Lipinski definition) is 6. The van der Waals surface area contributed by atoms with Crippen molar-refractivity contribution in [3.63, 3.8) is 0 Å². The first-order valence-electron chi connectivity index (χ1n) is 6.22. The summed E-state index contributed by atoms with van der Waals surface area (Å²) in [5, 5.41) is 11.5. The Morgan fingerprint density at radius 2 is 2.20 bits per heavy atom. The van der Waals surface area contributed by atoms with Crippen molar-refractivity contribution in [3.05, 3.63) is 28.3 Å². The smallest absolute Gasteiger partial charge is 0.308 e. The summed E-state index contributed by atoms with van der Waals surface area (Å²) in [6.07, 6.45) is 1.21. The van der Waals surface area contributed by atoms with Crippen molar-refractivity contribution < 1.29 is 23.8 Å². The van der Waals surface area contributed by atoms with E-state index in [0.29, 0.717) is 13.0 Å². The minimum absolute atomic E-state index is 0.198. The Morgan fingerprint density at radius 1 is 1.50 bits per heavy atom. The summed E-state index contributed by atoms with van der Waals surface area (Å²) in [5.41, 5.74) is -0.693. The lowest BCUT2D eigenvalue weighted by Crippen LogP contribution is -2.28. The second-order valence-corrected chi connectivity index (χ2v) is 4.19. The minimum atomic E-state index is -0.693. The van der Waals surface area contributed by atoms with Gasteiger partial charge in [0.15, 0.2) is 11.5 Å². The van der Waals surface area contributed by atoms with E-state index in [1.807, 2.05) is 0 Å². The zero-order valence-corrected chi connectivity index (χ0v) is 11.3. The highest BCUT2D eigenvalue weighted by Crippen LogP contribution is 2.05. The molecule has 2 N–H and O–H groups in total. The van der Waals surface area contributed by atoms with E-state index >= 15 is 0 Å². The van der Waals surface area contributed by atoms with Crippen LogP contribution in [0.25, 0.3) is 0 Å². The van der Waals surface area contributed by atoms with Gasteiger partial charge in [0.2, 0.25) is 5.43 Å². The Balaban J connectivity index is 2.45. The Morgan fingerprint density at radius 3 is 2.80 bits per heavy atom. The second-order valence-electron chi connectivity index (χ2n) is 4.19. The van der Waals surface area contributed by atoms with Gasteiger partial charge >= 0.3 is 5.97 Å². The van der Waals surface area contributed by atoms with Gasteiger partial charge in [0.05, 0.1) is 12.5 Å². The normalized spacial score (nSPS) is 11.7. The molecule has 7 heteroatoms. The van der Waals surface area contributed by atoms with Gasteiger partial charge in [-0.25, -0.2) is 0 Å². The number of rotatable bonds is 6. The van der Waals surface area contributed by atoms with Gasteiger partial charge in [-0.2, -0.15) is 0 Å². The van der Waals surface area contributed by atoms with Crippen LogP contribution < -0.4 is 10.7 Å². The van der Waals surface area contributed by atoms with E-state index in [-0.39, 0.29) is 24.2 Å². The molecular formula is C13H17NO6. The molecular weight excluding hydrogens is 266 g/mol. The Hall–Kier alpha value is -2.31. The summed E-state index contributed by atoms with van der Waals surface area (Å²) < 4.78 is 9.63. The number of esters is 1. The zero-order valence-electron chi connectivity index (χ0n) is 11.3. The van der Waals surface area contributed by atoms with Crippen LogP contribution in [-0.4, -0.2) is 30.1 Å². The Kier molecular flexibility index (Phi) is 5.76. The van der Waals surface area contributed by atoms with E-state index in [0.717, 1.165) is 12.3 Å². The summed E-state index contributed by atoms with van der Waals surface area (Å²) in [7, 11) is 0. The van der Waals surface area contributed by atoms with Gasteiger partial charge < -0.3 is 19.6 Å². The standard InChI is InChI=1S/C13H17NO6/c1-3-19-13(18)8(2)4-5-14-12(17)11-6-9(15)10(16)7-20-11/h6-8,16H,3-5H2,1-2H3,(H,14,17)/t8-/m1/s1. The average Bonchev–Trinajstić information content (AvgIpc) is 2.41. The van der Waals surface area contributed by atoms with E-state index < -0.39 is 17.1 Å². The van der Waals surface area contributed by atoms with Crippen LogP contribution in [0.1, 0.15) is 30.8 Å². The first kappa shape index (κ1) is 15.7. The molecule has 0 aliphatic heterocycles. The number of nitrogens with one attached hydrogen (secondary N) is 1. The molecule has 1 heterocycles. The minimum Gasteiger partial charge on any atom is -0.502 e. The monoisotopic (exact) mass is 283 g/mol. The molecule has 1 atom stereocenters. The van der Waals surface area contributed by atoms with Crippen molar-refractivity contribution in [2.24, 2.45) is 5.92 Å². The average molecular weight is 283 g/mol. The molecule has 0 saturated carbocycles. The molecule has 1 aromatic heterocycles. The maximum absolute atomic E-state index is 11.6. The number of aromatic hydroxyl groups is 1. The van der Waals surface area contributed by atoms with Crippen molar-refractivity contribution >= 4 is 11.9 Å². The van der Waals surface area contributed by atoms with Crippen LogP contribution in [0.15, 0.2) is 21.5 Å². The molecule has 20 heavy (non-hydrogen) atoms. The quantitative estimate of drug-likeness (QED) is 0.743. The van der Waals surface area contributed by atoms with E-state index in [1.54, 1.807) is 13.8 Å². The number of carbonyl (C=O) groups is 2. The largest absolute Gasteiger partial charge is 0.502 e. The second kappa shape index (κ2) is 7.32. The van der Waals surface area contributed by atoms with Crippen LogP contribution >= 0.6 is 0 Å². The van der Waals surface area contributed by atoms with Crippen molar-refractivity contribution in [1.29, 1.82) is 0 Å². The van der Waals surface area contributed by atoms with Crippen LogP contribution in [0.4, 0.5) is 0 Å². The third kappa shape index (κ3) is 4.42. The predicted molar refractivity (Wildman–Crippen MR) is 69.4 cm³/mol. The number of amides is 1. The fourth-order valence-electron chi connectivity index (χ4n) is 1.42. The van der Waals surface area contributed by atoms with Crippen LogP contribution in [0, 0.1) is 5.92 Å². The van der Waals surface area contributed by atoms with Crippen LogP contribution in [0.5, 0.6) is 5.75 Å². The Bertz CT molecular complexity index is 536. The predicted octanol–water partition coefficient (Wildman–Crippen LogP) is 0.664. The van der Waals surface area contributed by atoms with Gasteiger partial charge in [-0.3, -0.25) is 14.4 Å². The summed E-state index contributed by atoms with van der Waals surface area (Å²) >= 11 is 0. The van der Waals surface area contributed by atoms with Crippen LogP contribution in [-0.2, 0) is 9.53 Å². The van der Waals surface area contributed by atoms with E-state index in [4.69, 9.17) is 14.3 Å². The molecule has 0 aliphatic rings. The van der Waals surface area contributed by atoms with Gasteiger partial charge in [-0.05, 0) is 13.3 Å². The molecule has 7 nitrogen and oxygen atoms in total. The molecule has 1 amide bonds. The molecule has 110 valence electrons. The lowest BCUT2D eigenvalue weighted by Gasteiger charge is -2.10. The van der Waals surface area contributed by atoms with Crippen LogP contribution in [0.2, 0.25) is 0 Å². The summed E-state index contributed by atoms with van der Waals surface area (Å²) in [6, 6.07) is 0.902. The molecule has 0 aliphatic carbocycles. The number of ether oxygens (including phenoxy) is 1. The molecule has 0 saturated heterocycles. The van der Waals surface area contributed by atoms with E-state index in [2.05, 4.69) is 5.32 Å². The molecule has 0 radical (unpaired) electrons. The number of hydrogen-bond donors (Lipinski definition) is 2. The number of carbonyl (C=O) groups excluding carboxylic acids is 2. The van der Waals surface area contributed by atoms with Gasteiger partial charge in [-0.1, -0.05) is 6.92 Å². The molecule has 1 rings (SSSR count). The van der Waals surface area contributed by atoms with Gasteiger partial charge in [0.25, 0.3) is 5.91 Å². The zero-order chi connectivity index (χ0) is 15.1. The highest BCUT2D eigenvalue weighted by molar-refractivity contribution is 5.91. The van der Waals surface area contributed by atoms with E-state index in [9.17, 15) is 14.4 Å². The highest BCUT2D eigenvalue weighted by Gasteiger charge is 2.15. The molecule has 0 bridgehead atoms. The molecule has 0 spiro atoms. The lowest BCUT2D eigenvalue weighted by atomic mass is 10.1. The topological polar surface area (TPSA) is 106 Å². The first-order valence-corrected chi connectivity index (χ1v) is 6.22.